The lowest BCUT2D eigenvalue weighted by Gasteiger charge is -2.37. The molecule has 9 heteroatoms. The highest BCUT2D eigenvalue weighted by Gasteiger charge is 2.23. The van der Waals surface area contributed by atoms with Crippen molar-refractivity contribution in [2.24, 2.45) is 4.99 Å². The number of hydrogen-bond acceptors (Lipinski definition) is 6. The van der Waals surface area contributed by atoms with Gasteiger partial charge in [0.1, 0.15) is 12.0 Å². The second-order valence-corrected chi connectivity index (χ2v) is 7.40. The normalized spacial score (nSPS) is 16.3. The average molecular weight is 528 g/mol. The Morgan fingerprint density at radius 2 is 1.97 bits per heavy atom. The standard InChI is InChI=1S/C21H32N6O2.HI/c1-22-21(27-12-10-26(11-13-27)16-17-9-14-29-24-17)23-15-19(25(2)3)18-7-5-6-8-20(18)28-4;/h5-9,14,19H,10-13,15-16H2,1-4H3,(H,22,23);1H. The molecule has 0 saturated carbocycles. The van der Waals surface area contributed by atoms with Crippen molar-refractivity contribution in [1.82, 2.24) is 25.2 Å². The van der Waals surface area contributed by atoms with Crippen molar-refractivity contribution in [3.63, 3.8) is 0 Å². The van der Waals surface area contributed by atoms with E-state index in [1.807, 2.05) is 25.2 Å². The lowest BCUT2D eigenvalue weighted by Crippen LogP contribution is -2.53. The van der Waals surface area contributed by atoms with Gasteiger partial charge in [-0.05, 0) is 20.2 Å². The predicted molar refractivity (Wildman–Crippen MR) is 130 cm³/mol. The summed E-state index contributed by atoms with van der Waals surface area (Å²) >= 11 is 0. The quantitative estimate of drug-likeness (QED) is 0.336. The van der Waals surface area contributed by atoms with Crippen LogP contribution in [0.15, 0.2) is 46.1 Å². The van der Waals surface area contributed by atoms with Crippen molar-refractivity contribution in [3.05, 3.63) is 47.9 Å². The first-order chi connectivity index (χ1) is 14.1. The SMILES string of the molecule is CN=C(NCC(c1ccccc1OC)N(C)C)N1CCN(Cc2ccon2)CC1.I. The van der Waals surface area contributed by atoms with Crippen molar-refractivity contribution in [2.75, 3.05) is 61.0 Å². The van der Waals surface area contributed by atoms with Gasteiger partial charge < -0.3 is 24.4 Å². The van der Waals surface area contributed by atoms with Crippen LogP contribution in [0, 0.1) is 0 Å². The van der Waals surface area contributed by atoms with Gasteiger partial charge in [0.2, 0.25) is 0 Å². The van der Waals surface area contributed by atoms with Crippen LogP contribution in [0.2, 0.25) is 0 Å². The van der Waals surface area contributed by atoms with Gasteiger partial charge >= 0.3 is 0 Å². The lowest BCUT2D eigenvalue weighted by molar-refractivity contribution is 0.168. The van der Waals surface area contributed by atoms with Gasteiger partial charge in [0.05, 0.1) is 18.8 Å². The van der Waals surface area contributed by atoms with E-state index in [1.165, 1.54) is 5.56 Å². The third-order valence-corrected chi connectivity index (χ3v) is 5.34. The number of benzene rings is 1. The number of ether oxygens (including phenoxy) is 1. The Morgan fingerprint density at radius 1 is 1.23 bits per heavy atom. The summed E-state index contributed by atoms with van der Waals surface area (Å²) in [4.78, 5) is 11.4. The third-order valence-electron chi connectivity index (χ3n) is 5.34. The molecule has 2 aromatic rings. The summed E-state index contributed by atoms with van der Waals surface area (Å²) in [6, 6.07) is 10.3. The van der Waals surface area contributed by atoms with Crippen LogP contribution in [0.25, 0.3) is 0 Å². The first-order valence-corrected chi connectivity index (χ1v) is 9.99. The van der Waals surface area contributed by atoms with Crippen molar-refractivity contribution >= 4 is 29.9 Å². The third kappa shape index (κ3) is 6.32. The Bertz CT molecular complexity index is 776. The molecule has 3 rings (SSSR count). The van der Waals surface area contributed by atoms with Crippen molar-refractivity contribution in [1.29, 1.82) is 0 Å². The van der Waals surface area contributed by atoms with E-state index in [0.29, 0.717) is 0 Å². The Labute approximate surface area is 196 Å². The van der Waals surface area contributed by atoms with Gasteiger partial charge in [0.25, 0.3) is 0 Å². The van der Waals surface area contributed by atoms with Crippen LogP contribution in [0.4, 0.5) is 0 Å². The fourth-order valence-electron chi connectivity index (χ4n) is 3.70. The van der Waals surface area contributed by atoms with E-state index >= 15 is 0 Å². The summed E-state index contributed by atoms with van der Waals surface area (Å²) < 4.78 is 10.5. The predicted octanol–water partition coefficient (Wildman–Crippen LogP) is 2.30. The first-order valence-electron chi connectivity index (χ1n) is 9.99. The summed E-state index contributed by atoms with van der Waals surface area (Å²) in [5.41, 5.74) is 2.15. The number of rotatable bonds is 7. The number of aliphatic imine (C=N–C) groups is 1. The molecule has 0 amide bonds. The molecule has 1 atom stereocenters. The summed E-state index contributed by atoms with van der Waals surface area (Å²) in [7, 11) is 7.74. The van der Waals surface area contributed by atoms with Crippen LogP contribution in [0.1, 0.15) is 17.3 Å². The molecule has 1 saturated heterocycles. The molecule has 2 heterocycles. The van der Waals surface area contributed by atoms with Gasteiger partial charge in [-0.25, -0.2) is 0 Å². The van der Waals surface area contributed by atoms with Crippen molar-refractivity contribution in [3.8, 4) is 5.75 Å². The van der Waals surface area contributed by atoms with E-state index < -0.39 is 0 Å². The Morgan fingerprint density at radius 3 is 2.57 bits per heavy atom. The molecule has 1 aromatic carbocycles. The minimum absolute atomic E-state index is 0. The Balaban J connectivity index is 0.00000320. The monoisotopic (exact) mass is 528 g/mol. The Kier molecular flexibility index (Phi) is 9.86. The highest BCUT2D eigenvalue weighted by molar-refractivity contribution is 14.0. The van der Waals surface area contributed by atoms with Gasteiger partial charge in [0, 0.05) is 57.9 Å². The van der Waals surface area contributed by atoms with E-state index in [2.05, 4.69) is 56.4 Å². The summed E-state index contributed by atoms with van der Waals surface area (Å²) in [5, 5.41) is 7.57. The molecule has 0 radical (unpaired) electrons. The van der Waals surface area contributed by atoms with Gasteiger partial charge in [-0.3, -0.25) is 9.89 Å². The summed E-state index contributed by atoms with van der Waals surface area (Å²) in [6.45, 7) is 5.37. The molecule has 8 nitrogen and oxygen atoms in total. The number of guanidine groups is 1. The van der Waals surface area contributed by atoms with Gasteiger partial charge in [-0.15, -0.1) is 24.0 Å². The number of likely N-dealkylation sites (N-methyl/N-ethyl adjacent to an activating group) is 1. The molecule has 1 fully saturated rings. The number of nitrogens with one attached hydrogen (secondary N) is 1. The molecule has 0 aliphatic carbocycles. The summed E-state index contributed by atoms with van der Waals surface area (Å²) in [5.74, 6) is 1.84. The highest BCUT2D eigenvalue weighted by Crippen LogP contribution is 2.27. The fourth-order valence-corrected chi connectivity index (χ4v) is 3.70. The van der Waals surface area contributed by atoms with Crippen LogP contribution in [0.3, 0.4) is 0 Å². The molecule has 1 N–H and O–H groups in total. The largest absolute Gasteiger partial charge is 0.496 e. The van der Waals surface area contributed by atoms with Crippen LogP contribution < -0.4 is 10.1 Å². The van der Waals surface area contributed by atoms with Crippen LogP contribution in [-0.2, 0) is 6.54 Å². The number of methoxy groups -OCH3 is 1. The first kappa shape index (κ1) is 24.4. The van der Waals surface area contributed by atoms with E-state index in [1.54, 1.807) is 13.4 Å². The molecule has 1 unspecified atom stereocenters. The molecule has 1 aromatic heterocycles. The van der Waals surface area contributed by atoms with Crippen LogP contribution >= 0.6 is 24.0 Å². The van der Waals surface area contributed by atoms with Gasteiger partial charge in [-0.1, -0.05) is 23.4 Å². The minimum atomic E-state index is 0. The molecule has 1 aliphatic rings. The zero-order valence-electron chi connectivity index (χ0n) is 18.2. The molecule has 0 spiro atoms. The lowest BCUT2D eigenvalue weighted by atomic mass is 10.0. The van der Waals surface area contributed by atoms with Crippen LogP contribution in [0.5, 0.6) is 5.75 Å². The number of hydrogen-bond donors (Lipinski definition) is 1. The maximum absolute atomic E-state index is 5.57. The number of piperazine rings is 1. The Hall–Kier alpha value is -1.85. The van der Waals surface area contributed by atoms with E-state index in [-0.39, 0.29) is 30.0 Å². The molecule has 1 aliphatic heterocycles. The van der Waals surface area contributed by atoms with Gasteiger partial charge in [0.15, 0.2) is 5.96 Å². The molecular formula is C21H33IN6O2. The molecule has 166 valence electrons. The minimum Gasteiger partial charge on any atom is -0.496 e. The zero-order chi connectivity index (χ0) is 20.6. The second-order valence-electron chi connectivity index (χ2n) is 7.40. The molecule has 30 heavy (non-hydrogen) atoms. The van der Waals surface area contributed by atoms with Crippen LogP contribution in [-0.4, -0.2) is 86.8 Å². The average Bonchev–Trinajstić information content (AvgIpc) is 3.25. The highest BCUT2D eigenvalue weighted by atomic mass is 127. The van der Waals surface area contributed by atoms with Gasteiger partial charge in [-0.2, -0.15) is 0 Å². The van der Waals surface area contributed by atoms with E-state index in [4.69, 9.17) is 9.26 Å². The topological polar surface area (TPSA) is 69.4 Å². The smallest absolute Gasteiger partial charge is 0.193 e. The molecular weight excluding hydrogens is 495 g/mol. The van der Waals surface area contributed by atoms with Crippen molar-refractivity contribution < 1.29 is 9.26 Å². The number of aromatic nitrogens is 1. The number of nitrogens with zero attached hydrogens (tertiary/aromatic N) is 5. The molecule has 0 bridgehead atoms. The number of halogens is 1. The van der Waals surface area contributed by atoms with Crippen molar-refractivity contribution in [2.45, 2.75) is 12.6 Å². The number of para-hydroxylation sites is 1. The maximum Gasteiger partial charge on any atom is 0.193 e. The fraction of sp³-hybridized carbons (Fsp3) is 0.524. The summed E-state index contributed by atoms with van der Waals surface area (Å²) in [6.07, 6.45) is 1.63. The maximum atomic E-state index is 5.57. The van der Waals surface area contributed by atoms with E-state index in [9.17, 15) is 0 Å². The van der Waals surface area contributed by atoms with E-state index in [0.717, 1.165) is 56.7 Å². The second kappa shape index (κ2) is 12.1. The zero-order valence-corrected chi connectivity index (χ0v) is 20.6.